The fourth-order valence-electron chi connectivity index (χ4n) is 6.47. The maximum Gasteiger partial charge on any atom is 0.255 e. The van der Waals surface area contributed by atoms with Crippen LogP contribution in [0.4, 0.5) is 4.39 Å². The molecule has 47 heavy (non-hydrogen) atoms. The summed E-state index contributed by atoms with van der Waals surface area (Å²) < 4.78 is 21.7. The van der Waals surface area contributed by atoms with Gasteiger partial charge in [-0.25, -0.2) is 4.39 Å². The standard InChI is InChI=1S/C39H38FN3O4/c1-3-31(26-10-6-4-7-11-26)36(27-12-8-5-9-13-27)28-14-17-30(18-15-28)47-23-22-42(2)24-29-16-19-32-33(37(29)40)25-43(39(32)46)34-20-21-35(44)41-38(34)45/h4-19,34H,3,20-25H2,1-2H3,(H,41,44,45). The van der Waals surface area contributed by atoms with Crippen LogP contribution in [0.1, 0.15) is 64.4 Å². The lowest BCUT2D eigenvalue weighted by Gasteiger charge is -2.29. The molecule has 2 aliphatic rings. The summed E-state index contributed by atoms with van der Waals surface area (Å²) in [6.07, 6.45) is 1.28. The van der Waals surface area contributed by atoms with Crippen LogP contribution in [-0.2, 0) is 22.7 Å². The van der Waals surface area contributed by atoms with Gasteiger partial charge in [0.25, 0.3) is 5.91 Å². The van der Waals surface area contributed by atoms with Gasteiger partial charge in [0.15, 0.2) is 0 Å². The van der Waals surface area contributed by atoms with Crippen LogP contribution in [0.5, 0.6) is 5.75 Å². The quantitative estimate of drug-likeness (QED) is 0.152. The zero-order valence-electron chi connectivity index (χ0n) is 26.7. The van der Waals surface area contributed by atoms with Gasteiger partial charge in [-0.2, -0.15) is 0 Å². The van der Waals surface area contributed by atoms with E-state index in [0.29, 0.717) is 30.8 Å². The van der Waals surface area contributed by atoms with E-state index in [2.05, 4.69) is 72.9 Å². The molecule has 2 heterocycles. The monoisotopic (exact) mass is 631 g/mol. The number of halogens is 1. The Morgan fingerprint density at radius 1 is 0.894 bits per heavy atom. The first-order valence-corrected chi connectivity index (χ1v) is 16.0. The van der Waals surface area contributed by atoms with Crippen molar-refractivity contribution < 1.29 is 23.5 Å². The second kappa shape index (κ2) is 14.1. The fourth-order valence-corrected chi connectivity index (χ4v) is 6.47. The van der Waals surface area contributed by atoms with E-state index < -0.39 is 17.8 Å². The van der Waals surface area contributed by atoms with E-state index in [4.69, 9.17) is 4.74 Å². The molecule has 1 fully saturated rings. The zero-order valence-corrected chi connectivity index (χ0v) is 26.7. The molecule has 7 nitrogen and oxygen atoms in total. The Morgan fingerprint density at radius 3 is 2.21 bits per heavy atom. The Kier molecular flexibility index (Phi) is 9.59. The summed E-state index contributed by atoms with van der Waals surface area (Å²) in [6, 6.07) is 31.6. The average Bonchev–Trinajstić information content (AvgIpc) is 3.42. The van der Waals surface area contributed by atoms with Gasteiger partial charge in [0.2, 0.25) is 11.8 Å². The molecule has 1 atom stereocenters. The van der Waals surface area contributed by atoms with Crippen LogP contribution in [0.3, 0.4) is 0 Å². The van der Waals surface area contributed by atoms with Gasteiger partial charge in [-0.3, -0.25) is 24.6 Å². The first-order chi connectivity index (χ1) is 22.8. The number of amides is 3. The number of carbonyl (C=O) groups is 3. The van der Waals surface area contributed by atoms with Gasteiger partial charge in [-0.05, 0) is 65.9 Å². The fraction of sp³-hybridized carbons (Fsp3) is 0.256. The van der Waals surface area contributed by atoms with E-state index in [-0.39, 0.29) is 36.8 Å². The van der Waals surface area contributed by atoms with Gasteiger partial charge in [0.1, 0.15) is 24.2 Å². The van der Waals surface area contributed by atoms with Gasteiger partial charge in [-0.1, -0.05) is 85.8 Å². The number of benzene rings is 4. The third-order valence-electron chi connectivity index (χ3n) is 8.89. The Balaban J connectivity index is 1.09. The lowest BCUT2D eigenvalue weighted by Crippen LogP contribution is -2.52. The third-order valence-corrected chi connectivity index (χ3v) is 8.89. The Labute approximate surface area is 274 Å². The number of rotatable bonds is 11. The number of carbonyl (C=O) groups excluding carboxylic acids is 3. The minimum absolute atomic E-state index is 0.00914. The maximum atomic E-state index is 15.6. The summed E-state index contributed by atoms with van der Waals surface area (Å²) in [4.78, 5) is 40.2. The number of allylic oxidation sites excluding steroid dienone is 1. The molecule has 3 amide bonds. The van der Waals surface area contributed by atoms with Crippen molar-refractivity contribution in [2.24, 2.45) is 0 Å². The van der Waals surface area contributed by atoms with Gasteiger partial charge < -0.3 is 9.64 Å². The second-order valence-electron chi connectivity index (χ2n) is 12.0. The van der Waals surface area contributed by atoms with E-state index >= 15 is 4.39 Å². The summed E-state index contributed by atoms with van der Waals surface area (Å²) in [7, 11) is 1.90. The predicted molar refractivity (Wildman–Crippen MR) is 180 cm³/mol. The van der Waals surface area contributed by atoms with Crippen molar-refractivity contribution in [2.45, 2.75) is 45.3 Å². The Morgan fingerprint density at radius 2 is 1.55 bits per heavy atom. The first kappa shape index (κ1) is 31.9. The zero-order chi connectivity index (χ0) is 32.9. The molecule has 0 aliphatic carbocycles. The van der Waals surface area contributed by atoms with Gasteiger partial charge >= 0.3 is 0 Å². The van der Waals surface area contributed by atoms with Crippen LogP contribution >= 0.6 is 0 Å². The van der Waals surface area contributed by atoms with Crippen LogP contribution in [0.2, 0.25) is 0 Å². The summed E-state index contributed by atoms with van der Waals surface area (Å²) in [5.74, 6) is -0.929. The Hall–Kier alpha value is -5.08. The minimum Gasteiger partial charge on any atom is -0.492 e. The second-order valence-corrected chi connectivity index (χ2v) is 12.0. The molecule has 2 aliphatic heterocycles. The van der Waals surface area contributed by atoms with E-state index in [0.717, 1.165) is 23.3 Å². The van der Waals surface area contributed by atoms with E-state index in [1.165, 1.54) is 21.6 Å². The van der Waals surface area contributed by atoms with Crippen molar-refractivity contribution in [1.29, 1.82) is 0 Å². The number of hydrogen-bond acceptors (Lipinski definition) is 5. The summed E-state index contributed by atoms with van der Waals surface area (Å²) >= 11 is 0. The average molecular weight is 632 g/mol. The van der Waals surface area contributed by atoms with Crippen molar-refractivity contribution >= 4 is 28.9 Å². The number of nitrogens with zero attached hydrogens (tertiary/aromatic N) is 2. The number of likely N-dealkylation sites (N-methyl/N-ethyl adjacent to an activating group) is 1. The number of imide groups is 1. The predicted octanol–water partition coefficient (Wildman–Crippen LogP) is 6.47. The number of ether oxygens (including phenoxy) is 1. The number of piperidine rings is 1. The van der Waals surface area contributed by atoms with Crippen molar-refractivity contribution in [2.75, 3.05) is 20.2 Å². The normalized spacial score (nSPS) is 16.6. The molecule has 6 rings (SSSR count). The lowest BCUT2D eigenvalue weighted by atomic mass is 9.88. The van der Waals surface area contributed by atoms with E-state index in [9.17, 15) is 14.4 Å². The van der Waals surface area contributed by atoms with Crippen molar-refractivity contribution in [1.82, 2.24) is 15.1 Å². The topological polar surface area (TPSA) is 79.0 Å². The third kappa shape index (κ3) is 6.88. The van der Waals surface area contributed by atoms with Gasteiger partial charge in [0, 0.05) is 36.2 Å². The number of fused-ring (bicyclic) bond motifs is 1. The molecule has 0 aromatic heterocycles. The largest absolute Gasteiger partial charge is 0.492 e. The van der Waals surface area contributed by atoms with Crippen LogP contribution < -0.4 is 10.1 Å². The smallest absolute Gasteiger partial charge is 0.255 e. The lowest BCUT2D eigenvalue weighted by molar-refractivity contribution is -0.136. The molecule has 8 heteroatoms. The molecule has 1 unspecified atom stereocenters. The van der Waals surface area contributed by atoms with Crippen LogP contribution in [0.25, 0.3) is 11.1 Å². The van der Waals surface area contributed by atoms with Gasteiger partial charge in [-0.15, -0.1) is 0 Å². The first-order valence-electron chi connectivity index (χ1n) is 16.0. The van der Waals surface area contributed by atoms with Crippen LogP contribution in [-0.4, -0.2) is 53.8 Å². The molecule has 0 bridgehead atoms. The number of hydrogen-bond donors (Lipinski definition) is 1. The molecule has 1 saturated heterocycles. The number of nitrogens with one attached hydrogen (secondary N) is 1. The molecule has 4 aromatic rings. The SMILES string of the molecule is CCC(=C(c1ccccc1)c1ccc(OCCN(C)Cc2ccc3c(c2F)CN(C2CCC(=O)NC2=O)C3=O)cc1)c1ccccc1. The van der Waals surface area contributed by atoms with Crippen LogP contribution in [0.15, 0.2) is 97.1 Å². The van der Waals surface area contributed by atoms with E-state index in [1.807, 2.05) is 36.2 Å². The molecular weight excluding hydrogens is 593 g/mol. The highest BCUT2D eigenvalue weighted by atomic mass is 19.1. The summed E-state index contributed by atoms with van der Waals surface area (Å²) in [6.45, 7) is 3.50. The molecule has 240 valence electrons. The molecule has 0 spiro atoms. The molecular formula is C39H38FN3O4. The highest BCUT2D eigenvalue weighted by Gasteiger charge is 2.40. The molecule has 4 aromatic carbocycles. The molecule has 0 saturated carbocycles. The van der Waals surface area contributed by atoms with Crippen molar-refractivity contribution in [3.05, 3.63) is 136 Å². The van der Waals surface area contributed by atoms with Crippen LogP contribution in [0, 0.1) is 5.82 Å². The highest BCUT2D eigenvalue weighted by Crippen LogP contribution is 2.35. The van der Waals surface area contributed by atoms with E-state index in [1.54, 1.807) is 12.1 Å². The summed E-state index contributed by atoms with van der Waals surface area (Å²) in [5.41, 5.74) is 6.99. The summed E-state index contributed by atoms with van der Waals surface area (Å²) in [5, 5.41) is 2.28. The maximum absolute atomic E-state index is 15.6. The van der Waals surface area contributed by atoms with Gasteiger partial charge in [0.05, 0.1) is 6.54 Å². The minimum atomic E-state index is -0.775. The molecule has 0 radical (unpaired) electrons. The van der Waals surface area contributed by atoms with Crippen molar-refractivity contribution in [3.63, 3.8) is 0 Å². The molecule has 1 N–H and O–H groups in total. The Bertz CT molecular complexity index is 1810. The van der Waals surface area contributed by atoms with Crippen molar-refractivity contribution in [3.8, 4) is 5.75 Å². The highest BCUT2D eigenvalue weighted by molar-refractivity contribution is 6.05.